The predicted octanol–water partition coefficient (Wildman–Crippen LogP) is 1.21. The number of hydrogen-bond acceptors (Lipinski definition) is 5. The summed E-state index contributed by atoms with van der Waals surface area (Å²) in [6.07, 6.45) is 4.33. The van der Waals surface area contributed by atoms with E-state index in [-0.39, 0.29) is 12.5 Å². The van der Waals surface area contributed by atoms with Gasteiger partial charge in [0.1, 0.15) is 6.04 Å². The minimum absolute atomic E-state index is 0.208. The summed E-state index contributed by atoms with van der Waals surface area (Å²) in [5.74, 6) is 5.60. The molecule has 2 rings (SSSR count). The van der Waals surface area contributed by atoms with Crippen LogP contribution in [0.4, 0.5) is 0 Å². The van der Waals surface area contributed by atoms with Crippen molar-refractivity contribution in [1.82, 2.24) is 10.8 Å². The number of aliphatic hydroxyl groups excluding tert-OH is 1. The number of benzene rings is 1. The average Bonchev–Trinajstić information content (AvgIpc) is 3.18. The van der Waals surface area contributed by atoms with Crippen LogP contribution in [0.15, 0.2) is 24.3 Å². The second kappa shape index (κ2) is 10.0. The highest BCUT2D eigenvalue weighted by atomic mass is 32.2. The Balaban J connectivity index is 2.08. The minimum atomic E-state index is -1.43. The van der Waals surface area contributed by atoms with E-state index in [0.29, 0.717) is 11.5 Å². The zero-order valence-electron chi connectivity index (χ0n) is 16.9. The fraction of sp³-hybridized carbons (Fsp3) is 0.524. The van der Waals surface area contributed by atoms with Crippen molar-refractivity contribution in [3.8, 4) is 11.8 Å². The van der Waals surface area contributed by atoms with Crippen molar-refractivity contribution in [1.29, 1.82) is 0 Å². The van der Waals surface area contributed by atoms with E-state index in [9.17, 15) is 18.9 Å². The van der Waals surface area contributed by atoms with Gasteiger partial charge >= 0.3 is 0 Å². The SMILES string of the molecule is CS(=O)C(C)(C)[C@H](NC(=O)c1ccc(C#CC2CCC(CO)C2)cc1)C(=O)NO. The van der Waals surface area contributed by atoms with E-state index in [1.807, 2.05) is 0 Å². The summed E-state index contributed by atoms with van der Waals surface area (Å²) in [5.41, 5.74) is 2.62. The van der Waals surface area contributed by atoms with Crippen LogP contribution in [0.5, 0.6) is 0 Å². The number of nitrogens with one attached hydrogen (secondary N) is 2. The largest absolute Gasteiger partial charge is 0.396 e. The van der Waals surface area contributed by atoms with Gasteiger partial charge in [-0.2, -0.15) is 0 Å². The second-order valence-corrected chi connectivity index (χ2v) is 9.81. The highest BCUT2D eigenvalue weighted by molar-refractivity contribution is 7.85. The first kappa shape index (κ1) is 23.1. The molecule has 1 saturated carbocycles. The first-order valence-electron chi connectivity index (χ1n) is 9.49. The van der Waals surface area contributed by atoms with Crippen LogP contribution in [-0.4, -0.2) is 50.0 Å². The molecule has 0 radical (unpaired) electrons. The maximum absolute atomic E-state index is 12.6. The van der Waals surface area contributed by atoms with Gasteiger partial charge in [0.25, 0.3) is 11.8 Å². The van der Waals surface area contributed by atoms with E-state index >= 15 is 0 Å². The third-order valence-corrected chi connectivity index (χ3v) is 7.17. The molecule has 0 saturated heterocycles. The third kappa shape index (κ3) is 5.89. The first-order valence-corrected chi connectivity index (χ1v) is 11.1. The molecule has 1 aliphatic rings. The summed E-state index contributed by atoms with van der Waals surface area (Å²) in [4.78, 5) is 24.6. The number of amides is 2. The number of rotatable bonds is 6. The van der Waals surface area contributed by atoms with E-state index in [1.54, 1.807) is 38.1 Å². The molecule has 1 fully saturated rings. The Morgan fingerprint density at radius 3 is 2.45 bits per heavy atom. The van der Waals surface area contributed by atoms with E-state index in [1.165, 1.54) is 11.7 Å². The first-order chi connectivity index (χ1) is 13.7. The van der Waals surface area contributed by atoms with Crippen molar-refractivity contribution in [3.05, 3.63) is 35.4 Å². The van der Waals surface area contributed by atoms with Gasteiger partial charge in [-0.05, 0) is 63.3 Å². The molecule has 3 unspecified atom stereocenters. The zero-order chi connectivity index (χ0) is 21.6. The fourth-order valence-corrected chi connectivity index (χ4v) is 3.76. The molecule has 0 heterocycles. The third-order valence-electron chi connectivity index (χ3n) is 5.45. The van der Waals surface area contributed by atoms with E-state index in [2.05, 4.69) is 17.2 Å². The van der Waals surface area contributed by atoms with Gasteiger partial charge in [0.05, 0.1) is 4.75 Å². The summed E-state index contributed by atoms with van der Waals surface area (Å²) >= 11 is 0. The van der Waals surface area contributed by atoms with Gasteiger partial charge in [0.2, 0.25) is 0 Å². The van der Waals surface area contributed by atoms with Gasteiger partial charge < -0.3 is 10.4 Å². The molecule has 1 aromatic carbocycles. The molecule has 8 heteroatoms. The molecule has 0 aromatic heterocycles. The molecule has 0 aliphatic heterocycles. The van der Waals surface area contributed by atoms with Crippen molar-refractivity contribution in [2.24, 2.45) is 11.8 Å². The zero-order valence-corrected chi connectivity index (χ0v) is 17.7. The van der Waals surface area contributed by atoms with Gasteiger partial charge in [-0.15, -0.1) is 0 Å². The van der Waals surface area contributed by atoms with Crippen molar-refractivity contribution in [3.63, 3.8) is 0 Å². The number of carbonyl (C=O) groups excluding carboxylic acids is 2. The van der Waals surface area contributed by atoms with E-state index in [4.69, 9.17) is 5.21 Å². The van der Waals surface area contributed by atoms with Gasteiger partial charge in [0, 0.05) is 40.7 Å². The Hall–Kier alpha value is -2.21. The van der Waals surface area contributed by atoms with Crippen LogP contribution in [0.1, 0.15) is 49.0 Å². The molecule has 0 bridgehead atoms. The minimum Gasteiger partial charge on any atom is -0.396 e. The molecule has 7 nitrogen and oxygen atoms in total. The van der Waals surface area contributed by atoms with Crippen molar-refractivity contribution in [2.75, 3.05) is 12.9 Å². The monoisotopic (exact) mass is 420 g/mol. The highest BCUT2D eigenvalue weighted by Crippen LogP contribution is 2.29. The Kier molecular flexibility index (Phi) is 7.96. The second-order valence-electron chi connectivity index (χ2n) is 7.85. The van der Waals surface area contributed by atoms with Crippen LogP contribution in [0.2, 0.25) is 0 Å². The van der Waals surface area contributed by atoms with Crippen LogP contribution >= 0.6 is 0 Å². The highest BCUT2D eigenvalue weighted by Gasteiger charge is 2.39. The van der Waals surface area contributed by atoms with Gasteiger partial charge in [0.15, 0.2) is 0 Å². The van der Waals surface area contributed by atoms with Crippen LogP contribution in [0.3, 0.4) is 0 Å². The molecule has 158 valence electrons. The summed E-state index contributed by atoms with van der Waals surface area (Å²) in [6.45, 7) is 3.36. The average molecular weight is 421 g/mol. The van der Waals surface area contributed by atoms with Crippen molar-refractivity contribution in [2.45, 2.75) is 43.9 Å². The predicted molar refractivity (Wildman–Crippen MR) is 111 cm³/mol. The number of hydroxylamine groups is 1. The fourth-order valence-electron chi connectivity index (χ4n) is 3.26. The Morgan fingerprint density at radius 1 is 1.28 bits per heavy atom. The summed E-state index contributed by atoms with van der Waals surface area (Å²) in [6, 6.07) is 5.49. The maximum atomic E-state index is 12.6. The number of hydrogen-bond donors (Lipinski definition) is 4. The van der Waals surface area contributed by atoms with E-state index < -0.39 is 33.4 Å². The van der Waals surface area contributed by atoms with Crippen LogP contribution in [0.25, 0.3) is 0 Å². The summed E-state index contributed by atoms with van der Waals surface area (Å²) in [5, 5.41) is 20.7. The normalized spacial score (nSPS) is 20.9. The molecule has 29 heavy (non-hydrogen) atoms. The molecule has 4 N–H and O–H groups in total. The van der Waals surface area contributed by atoms with E-state index in [0.717, 1.165) is 24.8 Å². The number of carbonyl (C=O) groups is 2. The van der Waals surface area contributed by atoms with Gasteiger partial charge in [-0.25, -0.2) is 5.48 Å². The lowest BCUT2D eigenvalue weighted by Crippen LogP contribution is -2.58. The summed E-state index contributed by atoms with van der Waals surface area (Å²) < 4.78 is 10.9. The molecule has 2 amide bonds. The van der Waals surface area contributed by atoms with Crippen molar-refractivity contribution < 1.29 is 24.1 Å². The van der Waals surface area contributed by atoms with Crippen molar-refractivity contribution >= 4 is 22.6 Å². The Morgan fingerprint density at radius 2 is 1.93 bits per heavy atom. The Bertz CT molecular complexity index is 826. The lowest BCUT2D eigenvalue weighted by atomic mass is 10.0. The smallest absolute Gasteiger partial charge is 0.267 e. The molecule has 1 aromatic rings. The number of aliphatic hydroxyl groups is 1. The molecule has 1 aliphatic carbocycles. The van der Waals surface area contributed by atoms with Gasteiger partial charge in [-0.3, -0.25) is 19.0 Å². The van der Waals surface area contributed by atoms with Crippen LogP contribution in [0, 0.1) is 23.7 Å². The van der Waals surface area contributed by atoms with Crippen LogP contribution in [-0.2, 0) is 15.6 Å². The quantitative estimate of drug-likeness (QED) is 0.314. The summed E-state index contributed by atoms with van der Waals surface area (Å²) in [7, 11) is -1.43. The lowest BCUT2D eigenvalue weighted by molar-refractivity contribution is -0.131. The molecule has 0 spiro atoms. The lowest BCUT2D eigenvalue weighted by Gasteiger charge is -2.31. The Labute approximate surface area is 173 Å². The maximum Gasteiger partial charge on any atom is 0.267 e. The molecule has 4 atom stereocenters. The standard InChI is InChI=1S/C21H28N2O5S/c1-21(2,29(3)28)18(20(26)23-27)22-19(25)17-10-8-14(9-11-17)4-5-15-6-7-16(12-15)13-24/h8-11,15-16,18,24,27H,6-7,12-13H2,1-3H3,(H,22,25)(H,23,26)/t15?,16?,18-,29?/m1/s1. The molecular weight excluding hydrogens is 392 g/mol. The molecular formula is C21H28N2O5S. The van der Waals surface area contributed by atoms with Gasteiger partial charge in [-0.1, -0.05) is 11.8 Å². The topological polar surface area (TPSA) is 116 Å². The van der Waals surface area contributed by atoms with Crippen LogP contribution < -0.4 is 10.8 Å².